The van der Waals surface area contributed by atoms with Crippen LogP contribution in [0.25, 0.3) is 0 Å². The first-order chi connectivity index (χ1) is 0. The van der Waals surface area contributed by atoms with Gasteiger partial charge in [-0.1, -0.05) is 0 Å². The smallest absolute Gasteiger partial charge is 0 e. The topological polar surface area (TPSA) is 0 Å². The van der Waals surface area contributed by atoms with Crippen LogP contribution in [-0.4, -0.2) is 18.9 Å². The molecular formula is CoCuLiPt. The maximum atomic E-state index is 0. The van der Waals surface area contributed by atoms with Crippen LogP contribution in [0, 0.1) is 0 Å². The third-order valence-corrected chi connectivity index (χ3v) is 0. The summed E-state index contributed by atoms with van der Waals surface area (Å²) < 4.78 is 0. The van der Waals surface area contributed by atoms with Crippen molar-refractivity contribution in [3.8, 4) is 0 Å². The first-order valence-corrected chi connectivity index (χ1v) is 0. The van der Waals surface area contributed by atoms with Crippen LogP contribution < -0.4 is 0 Å². The van der Waals surface area contributed by atoms with Gasteiger partial charge in [0.05, 0.1) is 0 Å². The van der Waals surface area contributed by atoms with Crippen LogP contribution in [0.3, 0.4) is 0 Å². The summed E-state index contributed by atoms with van der Waals surface area (Å²) in [6, 6.07) is 0. The van der Waals surface area contributed by atoms with Crippen molar-refractivity contribution in [3.05, 3.63) is 0 Å². The van der Waals surface area contributed by atoms with Gasteiger partial charge in [-0.25, -0.2) is 0 Å². The molecule has 0 aliphatic heterocycles. The van der Waals surface area contributed by atoms with E-state index in [1.807, 2.05) is 0 Å². The zero-order valence-corrected chi connectivity index (χ0v) is 6.21. The molecule has 0 aliphatic rings. The Balaban J connectivity index is 0. The molecule has 0 aromatic rings. The molecule has 0 bridgehead atoms. The molecule has 0 atom stereocenters. The number of hydrogen-bond donors (Lipinski definition) is 0. The average molecular weight is 324 g/mol. The van der Waals surface area contributed by atoms with Crippen LogP contribution >= 0.6 is 0 Å². The minimum atomic E-state index is 0. The second kappa shape index (κ2) is 18.5. The molecule has 4 heavy (non-hydrogen) atoms. The molecular weight excluding hydrogens is 324 g/mol. The summed E-state index contributed by atoms with van der Waals surface area (Å²) in [4.78, 5) is 0. The van der Waals surface area contributed by atoms with Crippen LogP contribution in [0.1, 0.15) is 0 Å². The predicted molar refractivity (Wildman–Crippen MR) is 5.75 cm³/mol. The predicted octanol–water partition coefficient (Wildman–Crippen LogP) is -0.388. The van der Waals surface area contributed by atoms with Crippen LogP contribution in [0.5, 0.6) is 0 Å². The van der Waals surface area contributed by atoms with Crippen molar-refractivity contribution in [2.45, 2.75) is 0 Å². The fourth-order valence-electron chi connectivity index (χ4n) is 0. The molecule has 0 saturated heterocycles. The molecule has 0 unspecified atom stereocenters. The van der Waals surface area contributed by atoms with Crippen LogP contribution in [0.15, 0.2) is 0 Å². The van der Waals surface area contributed by atoms with Crippen molar-refractivity contribution in [1.29, 1.82) is 0 Å². The fourth-order valence-corrected chi connectivity index (χ4v) is 0. The fraction of sp³-hybridized carbons (Fsp3) is 0. The molecule has 0 aliphatic carbocycles. The minimum absolute atomic E-state index is 0. The molecule has 4 heteroatoms. The summed E-state index contributed by atoms with van der Waals surface area (Å²) in [5, 5.41) is 0. The van der Waals surface area contributed by atoms with E-state index in [1.165, 1.54) is 0 Å². The second-order valence-electron chi connectivity index (χ2n) is 0. The van der Waals surface area contributed by atoms with E-state index < -0.39 is 0 Å². The average Bonchev–Trinajstić information content (AvgIpc) is 0. The van der Waals surface area contributed by atoms with Gasteiger partial charge in [-0.15, -0.1) is 0 Å². The Labute approximate surface area is 73.0 Å². The third kappa shape index (κ3) is 8.85. The van der Waals surface area contributed by atoms with E-state index in [0.717, 1.165) is 0 Å². The van der Waals surface area contributed by atoms with Gasteiger partial charge in [0.25, 0.3) is 0 Å². The van der Waals surface area contributed by atoms with Crippen LogP contribution in [0.2, 0.25) is 0 Å². The standard InChI is InChI=1S/Co.Cu.Li.Pt. The first-order valence-electron chi connectivity index (χ1n) is 0. The number of rotatable bonds is 0. The van der Waals surface area contributed by atoms with Gasteiger partial charge >= 0.3 is 0 Å². The second-order valence-corrected chi connectivity index (χ2v) is 0. The molecule has 0 fully saturated rings. The normalized spacial score (nSPS) is 0. The molecule has 31 valence electrons. The van der Waals surface area contributed by atoms with E-state index in [2.05, 4.69) is 0 Å². The van der Waals surface area contributed by atoms with Gasteiger partial charge in [-0.2, -0.15) is 0 Å². The quantitative estimate of drug-likeness (QED) is 0.533. The van der Waals surface area contributed by atoms with E-state index in [-0.39, 0.29) is 73.8 Å². The summed E-state index contributed by atoms with van der Waals surface area (Å²) in [5.41, 5.74) is 0. The molecule has 0 heterocycles. The Hall–Kier alpha value is 2.31. The van der Waals surface area contributed by atoms with Gasteiger partial charge in [0, 0.05) is 73.8 Å². The summed E-state index contributed by atoms with van der Waals surface area (Å²) >= 11 is 0. The van der Waals surface area contributed by atoms with E-state index in [0.29, 0.717) is 0 Å². The van der Waals surface area contributed by atoms with Gasteiger partial charge in [0.2, 0.25) is 0 Å². The van der Waals surface area contributed by atoms with Crippen LogP contribution in [0.4, 0.5) is 0 Å². The molecule has 0 aromatic carbocycles. The van der Waals surface area contributed by atoms with Crippen molar-refractivity contribution < 1.29 is 54.9 Å². The summed E-state index contributed by atoms with van der Waals surface area (Å²) in [6.07, 6.45) is 0. The number of hydrogen-bond acceptors (Lipinski definition) is 0. The first kappa shape index (κ1) is 33.3. The Morgan fingerprint density at radius 1 is 1.00 bits per heavy atom. The van der Waals surface area contributed by atoms with E-state index >= 15 is 0 Å². The Morgan fingerprint density at radius 2 is 1.00 bits per heavy atom. The van der Waals surface area contributed by atoms with Gasteiger partial charge in [0.1, 0.15) is 0 Å². The Morgan fingerprint density at radius 3 is 1.00 bits per heavy atom. The Bertz CT molecular complexity index is 8.00. The maximum absolute atomic E-state index is 0. The van der Waals surface area contributed by atoms with Gasteiger partial charge in [-0.05, 0) is 0 Å². The van der Waals surface area contributed by atoms with E-state index in [4.69, 9.17) is 0 Å². The molecule has 0 rings (SSSR count). The zero-order valence-electron chi connectivity index (χ0n) is 1.95. The minimum Gasteiger partial charge on any atom is 0 e. The third-order valence-electron chi connectivity index (χ3n) is 0. The van der Waals surface area contributed by atoms with Crippen molar-refractivity contribution >= 4 is 18.9 Å². The van der Waals surface area contributed by atoms with E-state index in [1.54, 1.807) is 0 Å². The van der Waals surface area contributed by atoms with Crippen molar-refractivity contribution in [2.24, 2.45) is 0 Å². The van der Waals surface area contributed by atoms with E-state index in [9.17, 15) is 0 Å². The van der Waals surface area contributed by atoms with Gasteiger partial charge in [0.15, 0.2) is 0 Å². The summed E-state index contributed by atoms with van der Waals surface area (Å²) in [6.45, 7) is 0. The largest absolute Gasteiger partial charge is 0 e. The molecule has 0 N–H and O–H groups in total. The SMILES string of the molecule is [Co].[Cu].[Li].[Pt]. The van der Waals surface area contributed by atoms with Crippen molar-refractivity contribution in [1.82, 2.24) is 0 Å². The molecule has 0 spiro atoms. The zero-order chi connectivity index (χ0) is 0. The monoisotopic (exact) mass is 324 g/mol. The van der Waals surface area contributed by atoms with Crippen LogP contribution in [-0.2, 0) is 54.9 Å². The molecule has 0 saturated carbocycles. The van der Waals surface area contributed by atoms with Crippen molar-refractivity contribution in [2.75, 3.05) is 0 Å². The Kier molecular flexibility index (Phi) is 154. The summed E-state index contributed by atoms with van der Waals surface area (Å²) in [5.74, 6) is 0. The van der Waals surface area contributed by atoms with Gasteiger partial charge < -0.3 is 0 Å². The van der Waals surface area contributed by atoms with Crippen molar-refractivity contribution in [3.63, 3.8) is 0 Å². The molecule has 3 radical (unpaired) electrons. The molecule has 0 amide bonds. The maximum Gasteiger partial charge on any atom is 0 e. The molecule has 0 aromatic heterocycles. The molecule has 0 nitrogen and oxygen atoms in total. The summed E-state index contributed by atoms with van der Waals surface area (Å²) in [7, 11) is 0. The van der Waals surface area contributed by atoms with Gasteiger partial charge in [-0.3, -0.25) is 0 Å².